The molecule has 1 atom stereocenters. The number of halogens is 1. The predicted octanol–water partition coefficient (Wildman–Crippen LogP) is 4.22. The minimum absolute atomic E-state index is 0.139. The van der Waals surface area contributed by atoms with Crippen molar-refractivity contribution in [2.24, 2.45) is 0 Å². The molecule has 2 heterocycles. The average Bonchev–Trinajstić information content (AvgIpc) is 2.56. The van der Waals surface area contributed by atoms with Gasteiger partial charge in [0.05, 0.1) is 23.0 Å². The second-order valence-electron chi connectivity index (χ2n) is 5.65. The summed E-state index contributed by atoms with van der Waals surface area (Å²) in [6.07, 6.45) is 4.83. The maximum Gasteiger partial charge on any atom is 0.223 e. The first-order valence-electron chi connectivity index (χ1n) is 7.82. The Hall–Kier alpha value is -1.81. The third-order valence-electron chi connectivity index (χ3n) is 4.07. The monoisotopic (exact) mass is 316 g/mol. The van der Waals surface area contributed by atoms with E-state index in [1.165, 1.54) is 23.2 Å². The van der Waals surface area contributed by atoms with Gasteiger partial charge in [-0.1, -0.05) is 30.7 Å². The van der Waals surface area contributed by atoms with Gasteiger partial charge < -0.3 is 10.6 Å². The molecule has 0 amide bonds. The standard InChI is InChI=1S/C17H21ClN4/c1-3-15-14(18)10-20-17(22-15)21-11(2)13-7-6-12-5-4-8-19-16(12)9-13/h6-7,9-11,19H,3-5,8H2,1-2H3,(H,20,21,22). The number of aromatic nitrogens is 2. The van der Waals surface area contributed by atoms with Crippen LogP contribution in [0.4, 0.5) is 11.6 Å². The lowest BCUT2D eigenvalue weighted by atomic mass is 9.99. The van der Waals surface area contributed by atoms with Crippen molar-refractivity contribution in [3.05, 3.63) is 46.2 Å². The minimum atomic E-state index is 0.139. The number of aryl methyl sites for hydroxylation is 2. The molecule has 1 unspecified atom stereocenters. The summed E-state index contributed by atoms with van der Waals surface area (Å²) < 4.78 is 0. The fourth-order valence-corrected chi connectivity index (χ4v) is 2.97. The van der Waals surface area contributed by atoms with Gasteiger partial charge >= 0.3 is 0 Å². The van der Waals surface area contributed by atoms with Crippen molar-refractivity contribution in [2.45, 2.75) is 39.2 Å². The summed E-state index contributed by atoms with van der Waals surface area (Å²) in [5, 5.41) is 7.45. The third-order valence-corrected chi connectivity index (χ3v) is 4.39. The lowest BCUT2D eigenvalue weighted by Gasteiger charge is -2.21. The minimum Gasteiger partial charge on any atom is -0.385 e. The smallest absolute Gasteiger partial charge is 0.223 e. The first-order chi connectivity index (χ1) is 10.7. The Morgan fingerprint density at radius 3 is 3.09 bits per heavy atom. The topological polar surface area (TPSA) is 49.8 Å². The van der Waals surface area contributed by atoms with Gasteiger partial charge in [0.15, 0.2) is 0 Å². The molecule has 4 nitrogen and oxygen atoms in total. The van der Waals surface area contributed by atoms with Gasteiger partial charge in [0.2, 0.25) is 5.95 Å². The molecule has 2 N–H and O–H groups in total. The molecule has 1 aromatic carbocycles. The second kappa shape index (κ2) is 6.53. The van der Waals surface area contributed by atoms with Gasteiger partial charge in [0.25, 0.3) is 0 Å². The number of hydrogen-bond acceptors (Lipinski definition) is 4. The fraction of sp³-hybridized carbons (Fsp3) is 0.412. The van der Waals surface area contributed by atoms with Crippen LogP contribution in [0.1, 0.15) is 43.1 Å². The normalized spacial score (nSPS) is 14.9. The third kappa shape index (κ3) is 3.17. The summed E-state index contributed by atoms with van der Waals surface area (Å²) in [6, 6.07) is 6.76. The molecule has 1 aromatic heterocycles. The molecule has 0 bridgehead atoms. The van der Waals surface area contributed by atoms with Crippen molar-refractivity contribution >= 4 is 23.2 Å². The van der Waals surface area contributed by atoms with E-state index in [1.807, 2.05) is 6.92 Å². The van der Waals surface area contributed by atoms with Crippen LogP contribution in [0, 0.1) is 0 Å². The van der Waals surface area contributed by atoms with Crippen molar-refractivity contribution in [3.63, 3.8) is 0 Å². The SMILES string of the molecule is CCc1nc(NC(C)c2ccc3c(c2)NCCC3)ncc1Cl. The Morgan fingerprint density at radius 2 is 2.27 bits per heavy atom. The van der Waals surface area contributed by atoms with Crippen LogP contribution in [-0.2, 0) is 12.8 Å². The van der Waals surface area contributed by atoms with E-state index in [9.17, 15) is 0 Å². The van der Waals surface area contributed by atoms with E-state index in [4.69, 9.17) is 11.6 Å². The number of fused-ring (bicyclic) bond motifs is 1. The van der Waals surface area contributed by atoms with E-state index in [1.54, 1.807) is 6.20 Å². The van der Waals surface area contributed by atoms with Gasteiger partial charge in [-0.05, 0) is 43.4 Å². The predicted molar refractivity (Wildman–Crippen MR) is 91.7 cm³/mol. The van der Waals surface area contributed by atoms with Crippen LogP contribution in [0.25, 0.3) is 0 Å². The lowest BCUT2D eigenvalue weighted by Crippen LogP contribution is -2.14. The molecule has 0 saturated heterocycles. The van der Waals surface area contributed by atoms with Crippen molar-refractivity contribution in [1.82, 2.24) is 9.97 Å². The maximum absolute atomic E-state index is 6.07. The summed E-state index contributed by atoms with van der Waals surface area (Å²) in [7, 11) is 0. The largest absolute Gasteiger partial charge is 0.385 e. The zero-order valence-corrected chi connectivity index (χ0v) is 13.7. The molecule has 1 aliphatic rings. The molecule has 0 saturated carbocycles. The van der Waals surface area contributed by atoms with E-state index >= 15 is 0 Å². The molecule has 1 aliphatic heterocycles. The Kier molecular flexibility index (Phi) is 4.48. The molecule has 116 valence electrons. The summed E-state index contributed by atoms with van der Waals surface area (Å²) in [5.41, 5.74) is 4.75. The van der Waals surface area contributed by atoms with Crippen molar-refractivity contribution in [1.29, 1.82) is 0 Å². The van der Waals surface area contributed by atoms with Crippen LogP contribution in [0.15, 0.2) is 24.4 Å². The van der Waals surface area contributed by atoms with Gasteiger partial charge in [-0.15, -0.1) is 0 Å². The molecule has 5 heteroatoms. The average molecular weight is 317 g/mol. The molecule has 0 radical (unpaired) electrons. The Balaban J connectivity index is 1.78. The van der Waals surface area contributed by atoms with Gasteiger partial charge in [0, 0.05) is 12.2 Å². The van der Waals surface area contributed by atoms with Gasteiger partial charge in [-0.25, -0.2) is 9.97 Å². The molecular formula is C17H21ClN4. The molecular weight excluding hydrogens is 296 g/mol. The Bertz CT molecular complexity index is 672. The van der Waals surface area contributed by atoms with E-state index in [-0.39, 0.29) is 6.04 Å². The fourth-order valence-electron chi connectivity index (χ4n) is 2.74. The zero-order chi connectivity index (χ0) is 15.5. The number of nitrogens with zero attached hydrogens (tertiary/aromatic N) is 2. The van der Waals surface area contributed by atoms with E-state index in [0.29, 0.717) is 11.0 Å². The van der Waals surface area contributed by atoms with Crippen LogP contribution >= 0.6 is 11.6 Å². The molecule has 0 aliphatic carbocycles. The summed E-state index contributed by atoms with van der Waals surface area (Å²) >= 11 is 6.07. The van der Waals surface area contributed by atoms with E-state index in [2.05, 4.69) is 45.7 Å². The first kappa shape index (κ1) is 15.1. The quantitative estimate of drug-likeness (QED) is 0.886. The maximum atomic E-state index is 6.07. The highest BCUT2D eigenvalue weighted by Crippen LogP contribution is 2.27. The number of rotatable bonds is 4. The van der Waals surface area contributed by atoms with Crippen LogP contribution in [0.2, 0.25) is 5.02 Å². The Morgan fingerprint density at radius 1 is 1.41 bits per heavy atom. The number of anilines is 2. The molecule has 0 fully saturated rings. The van der Waals surface area contributed by atoms with Gasteiger partial charge in [-0.3, -0.25) is 0 Å². The molecule has 3 rings (SSSR count). The van der Waals surface area contributed by atoms with E-state index in [0.717, 1.165) is 25.1 Å². The Labute approximate surface area is 136 Å². The summed E-state index contributed by atoms with van der Waals surface area (Å²) in [6.45, 7) is 5.21. The molecule has 0 spiro atoms. The lowest BCUT2D eigenvalue weighted by molar-refractivity contribution is 0.817. The van der Waals surface area contributed by atoms with Crippen molar-refractivity contribution in [2.75, 3.05) is 17.2 Å². The van der Waals surface area contributed by atoms with E-state index < -0.39 is 0 Å². The zero-order valence-electron chi connectivity index (χ0n) is 13.0. The molecule has 2 aromatic rings. The second-order valence-corrected chi connectivity index (χ2v) is 6.06. The number of benzene rings is 1. The van der Waals surface area contributed by atoms with Crippen LogP contribution in [-0.4, -0.2) is 16.5 Å². The van der Waals surface area contributed by atoms with Crippen LogP contribution in [0.5, 0.6) is 0 Å². The molecule has 22 heavy (non-hydrogen) atoms. The number of nitrogens with one attached hydrogen (secondary N) is 2. The summed E-state index contributed by atoms with van der Waals surface area (Å²) in [5.74, 6) is 0.624. The number of hydrogen-bond donors (Lipinski definition) is 2. The van der Waals surface area contributed by atoms with Crippen LogP contribution in [0.3, 0.4) is 0 Å². The van der Waals surface area contributed by atoms with Crippen LogP contribution < -0.4 is 10.6 Å². The van der Waals surface area contributed by atoms with Gasteiger partial charge in [-0.2, -0.15) is 0 Å². The van der Waals surface area contributed by atoms with Crippen molar-refractivity contribution in [3.8, 4) is 0 Å². The highest BCUT2D eigenvalue weighted by molar-refractivity contribution is 6.31. The summed E-state index contributed by atoms with van der Waals surface area (Å²) in [4.78, 5) is 8.74. The highest BCUT2D eigenvalue weighted by atomic mass is 35.5. The van der Waals surface area contributed by atoms with Gasteiger partial charge in [0.1, 0.15) is 0 Å². The highest BCUT2D eigenvalue weighted by Gasteiger charge is 2.13. The van der Waals surface area contributed by atoms with Crippen molar-refractivity contribution < 1.29 is 0 Å². The first-order valence-corrected chi connectivity index (χ1v) is 8.20.